The lowest BCUT2D eigenvalue weighted by molar-refractivity contribution is -0.163. The zero-order chi connectivity index (χ0) is 24.0. The topological polar surface area (TPSA) is 81.8 Å². The number of ether oxygens (including phenoxy) is 2. The molecule has 1 aromatic heterocycles. The minimum absolute atomic E-state index is 0.379. The molecule has 182 valence electrons. The maximum Gasteiger partial charge on any atom is 0.335 e. The molecule has 0 radical (unpaired) electrons. The number of oxazole rings is 1. The lowest BCUT2D eigenvalue weighted by Crippen LogP contribution is -2.37. The molecule has 6 nitrogen and oxygen atoms in total. The summed E-state index contributed by atoms with van der Waals surface area (Å²) in [6, 6.07) is 8.40. The molecule has 1 aliphatic rings. The van der Waals surface area contributed by atoms with Crippen LogP contribution in [0.25, 0.3) is 11.5 Å². The molecule has 1 saturated carbocycles. The third-order valence-corrected chi connectivity index (χ3v) is 6.60. The SMILES string of the molecule is CCc1oc(-c2ccc(C(C)C)cc2)nc1COC[C@@H]1CCC[C@H](COC(C)(C)C(=O)O)C1. The van der Waals surface area contributed by atoms with Gasteiger partial charge in [0.25, 0.3) is 0 Å². The van der Waals surface area contributed by atoms with Gasteiger partial charge in [-0.2, -0.15) is 0 Å². The van der Waals surface area contributed by atoms with Crippen LogP contribution in [0.5, 0.6) is 0 Å². The average molecular weight is 458 g/mol. The quantitative estimate of drug-likeness (QED) is 0.431. The number of aromatic nitrogens is 1. The summed E-state index contributed by atoms with van der Waals surface area (Å²) < 4.78 is 17.8. The third kappa shape index (κ3) is 6.90. The van der Waals surface area contributed by atoms with Crippen LogP contribution >= 0.6 is 0 Å². The van der Waals surface area contributed by atoms with Crippen molar-refractivity contribution in [2.45, 2.75) is 84.8 Å². The third-order valence-electron chi connectivity index (χ3n) is 6.60. The molecule has 0 amide bonds. The van der Waals surface area contributed by atoms with Crippen molar-refractivity contribution in [3.05, 3.63) is 41.3 Å². The van der Waals surface area contributed by atoms with E-state index in [0.29, 0.717) is 43.5 Å². The van der Waals surface area contributed by atoms with Crippen molar-refractivity contribution in [1.29, 1.82) is 0 Å². The first kappa shape index (κ1) is 25.4. The predicted octanol–water partition coefficient (Wildman–Crippen LogP) is 6.23. The minimum Gasteiger partial charge on any atom is -0.479 e. The fourth-order valence-corrected chi connectivity index (χ4v) is 4.32. The van der Waals surface area contributed by atoms with Crippen molar-refractivity contribution in [2.75, 3.05) is 13.2 Å². The van der Waals surface area contributed by atoms with Crippen LogP contribution < -0.4 is 0 Å². The van der Waals surface area contributed by atoms with Crippen LogP contribution in [0.2, 0.25) is 0 Å². The molecular formula is C27H39NO5. The van der Waals surface area contributed by atoms with Gasteiger partial charge in [-0.3, -0.25) is 0 Å². The maximum atomic E-state index is 11.3. The number of nitrogens with zero attached hydrogens (tertiary/aromatic N) is 1. The van der Waals surface area contributed by atoms with Crippen LogP contribution in [0.4, 0.5) is 0 Å². The van der Waals surface area contributed by atoms with Crippen molar-refractivity contribution in [2.24, 2.45) is 11.8 Å². The summed E-state index contributed by atoms with van der Waals surface area (Å²) in [5, 5.41) is 9.24. The van der Waals surface area contributed by atoms with E-state index in [4.69, 9.17) is 18.9 Å². The molecule has 2 aromatic rings. The van der Waals surface area contributed by atoms with Gasteiger partial charge in [0.1, 0.15) is 11.5 Å². The number of aliphatic carboxylic acids is 1. The summed E-state index contributed by atoms with van der Waals surface area (Å²) >= 11 is 0. The second-order valence-corrected chi connectivity index (χ2v) is 10.1. The Morgan fingerprint density at radius 1 is 1.18 bits per heavy atom. The van der Waals surface area contributed by atoms with Gasteiger partial charge in [0.15, 0.2) is 5.60 Å². The normalized spacial score (nSPS) is 19.2. The minimum atomic E-state index is -1.14. The molecule has 1 fully saturated rings. The van der Waals surface area contributed by atoms with Gasteiger partial charge >= 0.3 is 5.97 Å². The van der Waals surface area contributed by atoms with Gasteiger partial charge in [0.2, 0.25) is 5.89 Å². The molecule has 0 aliphatic heterocycles. The molecule has 6 heteroatoms. The van der Waals surface area contributed by atoms with Gasteiger partial charge < -0.3 is 19.0 Å². The van der Waals surface area contributed by atoms with E-state index in [2.05, 4.69) is 45.0 Å². The van der Waals surface area contributed by atoms with Crippen LogP contribution in [-0.2, 0) is 27.3 Å². The van der Waals surface area contributed by atoms with E-state index in [0.717, 1.165) is 49.1 Å². The summed E-state index contributed by atoms with van der Waals surface area (Å²) in [4.78, 5) is 16.0. The van der Waals surface area contributed by atoms with Crippen LogP contribution in [0.3, 0.4) is 0 Å². The first-order chi connectivity index (χ1) is 15.7. The number of rotatable bonds is 11. The van der Waals surface area contributed by atoms with E-state index in [9.17, 15) is 9.90 Å². The van der Waals surface area contributed by atoms with E-state index >= 15 is 0 Å². The molecule has 1 N–H and O–H groups in total. The van der Waals surface area contributed by atoms with Gasteiger partial charge in [-0.15, -0.1) is 0 Å². The Kier molecular flexibility index (Phi) is 8.71. The van der Waals surface area contributed by atoms with Gasteiger partial charge in [-0.25, -0.2) is 9.78 Å². The standard InChI is InChI=1S/C27H39NO5/c1-6-24-23(28-25(33-24)22-12-10-21(11-13-22)18(2)3)17-31-15-19-8-7-9-20(14-19)16-32-27(4,5)26(29)30/h10-13,18-20H,6-9,14-17H2,1-5H3,(H,29,30)/t19-,20+/m1/s1. The molecule has 3 rings (SSSR count). The van der Waals surface area contributed by atoms with Crippen LogP contribution in [-0.4, -0.2) is 34.9 Å². The number of carboxylic acid groups (broad SMARTS) is 1. The Hall–Kier alpha value is -2.18. The Bertz CT molecular complexity index is 900. The summed E-state index contributed by atoms with van der Waals surface area (Å²) in [7, 11) is 0. The zero-order valence-corrected chi connectivity index (χ0v) is 20.7. The van der Waals surface area contributed by atoms with Gasteiger partial charge in [0, 0.05) is 18.6 Å². The second kappa shape index (κ2) is 11.3. The van der Waals surface area contributed by atoms with E-state index in [1.807, 2.05) is 0 Å². The zero-order valence-electron chi connectivity index (χ0n) is 20.7. The summed E-state index contributed by atoms with van der Waals surface area (Å²) in [6.07, 6.45) is 5.11. The van der Waals surface area contributed by atoms with Crippen molar-refractivity contribution < 1.29 is 23.8 Å². The highest BCUT2D eigenvalue weighted by molar-refractivity contribution is 5.76. The molecule has 1 aliphatic carbocycles. The van der Waals surface area contributed by atoms with E-state index < -0.39 is 11.6 Å². The molecule has 0 bridgehead atoms. The number of carbonyl (C=O) groups is 1. The van der Waals surface area contributed by atoms with Gasteiger partial charge in [-0.05, 0) is 68.6 Å². The highest BCUT2D eigenvalue weighted by Gasteiger charge is 2.30. The van der Waals surface area contributed by atoms with E-state index in [1.165, 1.54) is 5.56 Å². The Balaban J connectivity index is 1.52. The lowest BCUT2D eigenvalue weighted by Gasteiger charge is -2.31. The van der Waals surface area contributed by atoms with E-state index in [-0.39, 0.29) is 0 Å². The fourth-order valence-electron chi connectivity index (χ4n) is 4.32. The fraction of sp³-hybridized carbons (Fsp3) is 0.630. The first-order valence-corrected chi connectivity index (χ1v) is 12.2. The molecule has 1 aromatic carbocycles. The summed E-state index contributed by atoms with van der Waals surface area (Å²) in [5.41, 5.74) is 2.02. The highest BCUT2D eigenvalue weighted by Crippen LogP contribution is 2.31. The largest absolute Gasteiger partial charge is 0.479 e. The van der Waals surface area contributed by atoms with Crippen molar-refractivity contribution in [1.82, 2.24) is 4.98 Å². The number of hydrogen-bond donors (Lipinski definition) is 1. The molecule has 1 heterocycles. The lowest BCUT2D eigenvalue weighted by atomic mass is 9.82. The monoisotopic (exact) mass is 457 g/mol. The average Bonchev–Trinajstić information content (AvgIpc) is 3.21. The van der Waals surface area contributed by atoms with Crippen LogP contribution in [0.15, 0.2) is 28.7 Å². The summed E-state index contributed by atoms with van der Waals surface area (Å²) in [5.74, 6) is 1.94. The first-order valence-electron chi connectivity index (χ1n) is 12.2. The van der Waals surface area contributed by atoms with Gasteiger partial charge in [0.05, 0.1) is 13.2 Å². The molecule has 33 heavy (non-hydrogen) atoms. The molecular weight excluding hydrogens is 418 g/mol. The van der Waals surface area contributed by atoms with Crippen molar-refractivity contribution in [3.63, 3.8) is 0 Å². The van der Waals surface area contributed by atoms with Crippen molar-refractivity contribution in [3.8, 4) is 11.5 Å². The Morgan fingerprint density at radius 2 is 1.85 bits per heavy atom. The number of carboxylic acids is 1. The molecule has 0 spiro atoms. The Labute approximate surface area is 197 Å². The second-order valence-electron chi connectivity index (χ2n) is 10.1. The molecule has 2 atom stereocenters. The van der Waals surface area contributed by atoms with Crippen LogP contribution in [0, 0.1) is 11.8 Å². The predicted molar refractivity (Wildman–Crippen MR) is 128 cm³/mol. The Morgan fingerprint density at radius 3 is 2.45 bits per heavy atom. The number of benzene rings is 1. The van der Waals surface area contributed by atoms with Crippen molar-refractivity contribution >= 4 is 5.97 Å². The maximum absolute atomic E-state index is 11.3. The molecule has 0 unspecified atom stereocenters. The number of aryl methyl sites for hydroxylation is 1. The van der Waals surface area contributed by atoms with Crippen LogP contribution in [0.1, 0.15) is 83.2 Å². The number of hydrogen-bond acceptors (Lipinski definition) is 5. The smallest absolute Gasteiger partial charge is 0.335 e. The van der Waals surface area contributed by atoms with Gasteiger partial charge in [-0.1, -0.05) is 39.3 Å². The summed E-state index contributed by atoms with van der Waals surface area (Å²) in [6.45, 7) is 11.3. The molecule has 0 saturated heterocycles. The van der Waals surface area contributed by atoms with E-state index in [1.54, 1.807) is 13.8 Å². The highest BCUT2D eigenvalue weighted by atomic mass is 16.5.